The van der Waals surface area contributed by atoms with E-state index in [0.717, 1.165) is 5.56 Å². The van der Waals surface area contributed by atoms with Gasteiger partial charge in [-0.05, 0) is 36.8 Å². The Kier molecular flexibility index (Phi) is 3.64. The van der Waals surface area contributed by atoms with E-state index >= 15 is 0 Å². The summed E-state index contributed by atoms with van der Waals surface area (Å²) in [6.07, 6.45) is 0. The van der Waals surface area contributed by atoms with Crippen molar-refractivity contribution in [2.45, 2.75) is 13.6 Å². The molecule has 0 fully saturated rings. The van der Waals surface area contributed by atoms with Gasteiger partial charge >= 0.3 is 0 Å². The number of alkyl halides is 1. The summed E-state index contributed by atoms with van der Waals surface area (Å²) in [4.78, 5) is 0. The maximum absolute atomic E-state index is 12.4. The Bertz CT molecular complexity index is 508. The van der Waals surface area contributed by atoms with Crippen molar-refractivity contribution in [1.82, 2.24) is 0 Å². The van der Waals surface area contributed by atoms with Crippen molar-refractivity contribution in [3.05, 3.63) is 58.6 Å². The molecule has 0 saturated heterocycles. The summed E-state index contributed by atoms with van der Waals surface area (Å²) in [7, 11) is 0. The predicted octanol–water partition coefficient (Wildman–Crippen LogP) is 4.91. The molecular weight excluding hydrogens is 239 g/mol. The minimum atomic E-state index is -0.523. The Balaban J connectivity index is 2.21. The van der Waals surface area contributed by atoms with E-state index in [-0.39, 0.29) is 0 Å². The van der Waals surface area contributed by atoms with E-state index in [9.17, 15) is 4.39 Å². The highest BCUT2D eigenvalue weighted by atomic mass is 35.5. The van der Waals surface area contributed by atoms with Crippen LogP contribution in [-0.4, -0.2) is 0 Å². The van der Waals surface area contributed by atoms with Crippen LogP contribution in [0.4, 0.5) is 4.39 Å². The molecule has 2 rings (SSSR count). The first-order valence-electron chi connectivity index (χ1n) is 5.28. The first-order chi connectivity index (χ1) is 8.19. The van der Waals surface area contributed by atoms with Gasteiger partial charge in [-0.1, -0.05) is 35.4 Å². The van der Waals surface area contributed by atoms with Crippen molar-refractivity contribution in [2.75, 3.05) is 0 Å². The van der Waals surface area contributed by atoms with Gasteiger partial charge in [0, 0.05) is 0 Å². The van der Waals surface area contributed by atoms with E-state index in [1.165, 1.54) is 0 Å². The van der Waals surface area contributed by atoms with Crippen LogP contribution in [0.1, 0.15) is 11.1 Å². The second-order valence-corrected chi connectivity index (χ2v) is 4.22. The van der Waals surface area contributed by atoms with Gasteiger partial charge in [-0.3, -0.25) is 0 Å². The first-order valence-corrected chi connectivity index (χ1v) is 5.66. The van der Waals surface area contributed by atoms with Crippen LogP contribution >= 0.6 is 11.6 Å². The molecule has 88 valence electrons. The summed E-state index contributed by atoms with van der Waals surface area (Å²) in [6.45, 7) is 1.48. The summed E-state index contributed by atoms with van der Waals surface area (Å²) in [6, 6.07) is 12.6. The van der Waals surface area contributed by atoms with Crippen molar-refractivity contribution in [2.24, 2.45) is 0 Å². The van der Waals surface area contributed by atoms with E-state index in [4.69, 9.17) is 16.3 Å². The van der Waals surface area contributed by atoms with Crippen molar-refractivity contribution in [1.29, 1.82) is 0 Å². The third-order valence-corrected chi connectivity index (χ3v) is 2.69. The molecule has 2 aromatic rings. The largest absolute Gasteiger partial charge is 0.456 e. The molecule has 1 nitrogen and oxygen atoms in total. The van der Waals surface area contributed by atoms with E-state index < -0.39 is 6.67 Å². The lowest BCUT2D eigenvalue weighted by Crippen LogP contribution is -1.87. The monoisotopic (exact) mass is 250 g/mol. The van der Waals surface area contributed by atoms with Gasteiger partial charge in [0.05, 0.1) is 5.02 Å². The minimum absolute atomic E-state index is 0.417. The Morgan fingerprint density at radius 1 is 1.12 bits per heavy atom. The van der Waals surface area contributed by atoms with E-state index in [0.29, 0.717) is 22.1 Å². The SMILES string of the molecule is Cc1ccc(Oc2ccc(CF)cc2Cl)cc1. The highest BCUT2D eigenvalue weighted by molar-refractivity contribution is 6.32. The second kappa shape index (κ2) is 5.19. The highest BCUT2D eigenvalue weighted by Crippen LogP contribution is 2.30. The zero-order valence-corrected chi connectivity index (χ0v) is 10.2. The topological polar surface area (TPSA) is 9.23 Å². The van der Waals surface area contributed by atoms with Gasteiger partial charge in [0.2, 0.25) is 0 Å². The molecule has 0 saturated carbocycles. The van der Waals surface area contributed by atoms with Crippen molar-refractivity contribution in [3.8, 4) is 11.5 Å². The number of halogens is 2. The molecule has 0 spiro atoms. The number of hydrogen-bond acceptors (Lipinski definition) is 1. The molecule has 0 atom stereocenters. The summed E-state index contributed by atoms with van der Waals surface area (Å²) >= 11 is 6.00. The van der Waals surface area contributed by atoms with Crippen molar-refractivity contribution < 1.29 is 9.13 Å². The lowest BCUT2D eigenvalue weighted by Gasteiger charge is -2.08. The van der Waals surface area contributed by atoms with Gasteiger partial charge in [-0.15, -0.1) is 0 Å². The number of rotatable bonds is 3. The second-order valence-electron chi connectivity index (χ2n) is 3.81. The fourth-order valence-corrected chi connectivity index (χ4v) is 1.69. The summed E-state index contributed by atoms with van der Waals surface area (Å²) in [5.41, 5.74) is 1.71. The standard InChI is InChI=1S/C14H12ClFO/c1-10-2-5-12(6-3-10)17-14-7-4-11(9-16)8-13(14)15/h2-8H,9H2,1H3. The number of ether oxygens (including phenoxy) is 1. The lowest BCUT2D eigenvalue weighted by molar-refractivity contribution is 0.475. The fourth-order valence-electron chi connectivity index (χ4n) is 1.44. The third kappa shape index (κ3) is 2.98. The minimum Gasteiger partial charge on any atom is -0.456 e. The van der Waals surface area contributed by atoms with Crippen molar-refractivity contribution in [3.63, 3.8) is 0 Å². The number of aryl methyl sites for hydroxylation is 1. The molecule has 0 heterocycles. The molecule has 0 amide bonds. The van der Waals surface area contributed by atoms with Gasteiger partial charge in [-0.2, -0.15) is 0 Å². The maximum Gasteiger partial charge on any atom is 0.146 e. The van der Waals surface area contributed by atoms with E-state index in [1.807, 2.05) is 31.2 Å². The van der Waals surface area contributed by atoms with Crippen LogP contribution in [0.15, 0.2) is 42.5 Å². The smallest absolute Gasteiger partial charge is 0.146 e. The Morgan fingerprint density at radius 2 is 1.82 bits per heavy atom. The van der Waals surface area contributed by atoms with Crippen LogP contribution in [0, 0.1) is 6.92 Å². The zero-order valence-electron chi connectivity index (χ0n) is 9.41. The molecular formula is C14H12ClFO. The van der Waals surface area contributed by atoms with E-state index in [2.05, 4.69) is 0 Å². The highest BCUT2D eigenvalue weighted by Gasteiger charge is 2.04. The molecule has 17 heavy (non-hydrogen) atoms. The third-order valence-electron chi connectivity index (χ3n) is 2.40. The van der Waals surface area contributed by atoms with Gasteiger partial charge in [0.25, 0.3) is 0 Å². The van der Waals surface area contributed by atoms with Crippen LogP contribution in [0.5, 0.6) is 11.5 Å². The van der Waals surface area contributed by atoms with Gasteiger partial charge in [-0.25, -0.2) is 4.39 Å². The molecule has 0 bridgehead atoms. The molecule has 3 heteroatoms. The molecule has 0 aromatic heterocycles. The zero-order chi connectivity index (χ0) is 12.3. The quantitative estimate of drug-likeness (QED) is 0.752. The molecule has 0 N–H and O–H groups in total. The summed E-state index contributed by atoms with van der Waals surface area (Å²) in [5.74, 6) is 1.25. The fraction of sp³-hybridized carbons (Fsp3) is 0.143. The average molecular weight is 251 g/mol. The molecule has 0 aliphatic carbocycles. The number of hydrogen-bond donors (Lipinski definition) is 0. The average Bonchev–Trinajstić information content (AvgIpc) is 2.34. The first kappa shape index (κ1) is 11.9. The Morgan fingerprint density at radius 3 is 2.41 bits per heavy atom. The van der Waals surface area contributed by atoms with Crippen LogP contribution in [-0.2, 0) is 6.67 Å². The number of benzene rings is 2. The van der Waals surface area contributed by atoms with Gasteiger partial charge < -0.3 is 4.74 Å². The van der Waals surface area contributed by atoms with Crippen LogP contribution in [0.2, 0.25) is 5.02 Å². The van der Waals surface area contributed by atoms with Crippen LogP contribution in [0.25, 0.3) is 0 Å². The normalized spacial score (nSPS) is 10.3. The summed E-state index contributed by atoms with van der Waals surface area (Å²) < 4.78 is 18.0. The van der Waals surface area contributed by atoms with Crippen molar-refractivity contribution >= 4 is 11.6 Å². The maximum atomic E-state index is 12.4. The lowest BCUT2D eigenvalue weighted by atomic mass is 10.2. The van der Waals surface area contributed by atoms with Crippen LogP contribution in [0.3, 0.4) is 0 Å². The molecule has 0 radical (unpaired) electrons. The predicted molar refractivity (Wildman–Crippen MR) is 67.5 cm³/mol. The molecule has 2 aromatic carbocycles. The summed E-state index contributed by atoms with van der Waals surface area (Å²) in [5, 5.41) is 0.417. The molecule has 0 aliphatic rings. The Labute approximate surface area is 105 Å². The van der Waals surface area contributed by atoms with Gasteiger partial charge in [0.15, 0.2) is 0 Å². The van der Waals surface area contributed by atoms with Gasteiger partial charge in [0.1, 0.15) is 18.2 Å². The van der Waals surface area contributed by atoms with E-state index in [1.54, 1.807) is 18.2 Å². The molecule has 0 unspecified atom stereocenters. The Hall–Kier alpha value is -1.54. The molecule has 0 aliphatic heterocycles. The van der Waals surface area contributed by atoms with Crippen LogP contribution < -0.4 is 4.74 Å².